The van der Waals surface area contributed by atoms with Crippen molar-refractivity contribution >= 4 is 28.7 Å². The molecule has 0 N–H and O–H groups in total. The van der Waals surface area contributed by atoms with Crippen LogP contribution in [0.4, 0.5) is 0 Å². The van der Waals surface area contributed by atoms with Crippen LogP contribution in [-0.2, 0) is 11.8 Å². The van der Waals surface area contributed by atoms with Crippen molar-refractivity contribution in [3.8, 4) is 0 Å². The molecule has 0 nitrogen and oxygen atoms in total. The summed E-state index contributed by atoms with van der Waals surface area (Å²) in [6, 6.07) is 27.5. The van der Waals surface area contributed by atoms with Gasteiger partial charge in [-0.05, 0) is 42.4 Å². The van der Waals surface area contributed by atoms with Crippen LogP contribution in [0.25, 0.3) is 0 Å². The van der Waals surface area contributed by atoms with Crippen molar-refractivity contribution in [3.63, 3.8) is 0 Å². The summed E-state index contributed by atoms with van der Waals surface area (Å²) < 4.78 is 0. The van der Waals surface area contributed by atoms with Gasteiger partial charge in [0, 0.05) is 10.6 Å². The average molecular weight is 334 g/mol. The summed E-state index contributed by atoms with van der Waals surface area (Å²) in [5.74, 6) is 0. The van der Waals surface area contributed by atoms with Crippen molar-refractivity contribution in [3.05, 3.63) is 101 Å². The van der Waals surface area contributed by atoms with E-state index in [9.17, 15) is 0 Å². The molecule has 0 amide bonds. The van der Waals surface area contributed by atoms with E-state index in [0.29, 0.717) is 0 Å². The van der Waals surface area contributed by atoms with Crippen LogP contribution in [0.5, 0.6) is 0 Å². The lowest BCUT2D eigenvalue weighted by atomic mass is 10.1. The van der Waals surface area contributed by atoms with E-state index in [1.807, 2.05) is 0 Å². The molecule has 0 aliphatic heterocycles. The molecular weight excluding hydrogens is 315 g/mol. The summed E-state index contributed by atoms with van der Waals surface area (Å²) in [6.07, 6.45) is -0.833. The fraction of sp³-hybridized carbons (Fsp3) is 0.0952. The Labute approximate surface area is 143 Å². The number of rotatable bonds is 3. The zero-order chi connectivity index (χ0) is 16.2. The van der Waals surface area contributed by atoms with Crippen LogP contribution >= 0.6 is 6.32 Å². The number of aryl methyl sites for hydroxylation is 2. The molecule has 0 aliphatic carbocycles. The summed E-state index contributed by atoms with van der Waals surface area (Å²) in [5.41, 5.74) is 5.02. The fourth-order valence-electron chi connectivity index (χ4n) is 2.83. The van der Waals surface area contributed by atoms with Gasteiger partial charge in [0.05, 0.1) is 0 Å². The second-order valence-electron chi connectivity index (χ2n) is 5.62. The van der Waals surface area contributed by atoms with Crippen LogP contribution < -0.4 is 5.30 Å². The topological polar surface area (TPSA) is 0 Å². The Bertz CT molecular complexity index is 828. The van der Waals surface area contributed by atoms with Gasteiger partial charge in [-0.1, -0.05) is 90.7 Å². The van der Waals surface area contributed by atoms with E-state index in [4.69, 9.17) is 11.8 Å². The lowest BCUT2D eigenvalue weighted by Crippen LogP contribution is -2.10. The Morgan fingerprint density at radius 3 is 1.52 bits per heavy atom. The van der Waals surface area contributed by atoms with Crippen molar-refractivity contribution in [1.82, 2.24) is 0 Å². The first-order valence-corrected chi connectivity index (χ1v) is 10.1. The van der Waals surface area contributed by atoms with Crippen molar-refractivity contribution < 1.29 is 0 Å². The first-order valence-electron chi connectivity index (χ1n) is 7.70. The zero-order valence-corrected chi connectivity index (χ0v) is 15.1. The maximum atomic E-state index is 6.09. The smallest absolute Gasteiger partial charge is 0.0231 e. The van der Waals surface area contributed by atoms with Crippen molar-refractivity contribution in [2.75, 3.05) is 0 Å². The molecule has 0 saturated heterocycles. The highest BCUT2D eigenvalue weighted by atomic mass is 32.4. The van der Waals surface area contributed by atoms with Crippen molar-refractivity contribution in [1.29, 1.82) is 0 Å². The fourth-order valence-corrected chi connectivity index (χ4v) is 6.11. The summed E-state index contributed by atoms with van der Waals surface area (Å²) in [5, 5.41) is 2.59. The van der Waals surface area contributed by atoms with E-state index in [0.717, 1.165) is 0 Å². The zero-order valence-electron chi connectivity index (χ0n) is 13.4. The van der Waals surface area contributed by atoms with Crippen LogP contribution in [0, 0.1) is 13.8 Å². The van der Waals surface area contributed by atoms with Gasteiger partial charge in [-0.15, -0.1) is 0 Å². The third kappa shape index (κ3) is 3.37. The minimum atomic E-state index is -0.833. The van der Waals surface area contributed by atoms with Gasteiger partial charge < -0.3 is 0 Å². The molecule has 0 saturated carbocycles. The van der Waals surface area contributed by atoms with Gasteiger partial charge in [0.25, 0.3) is 0 Å². The highest BCUT2D eigenvalue weighted by Crippen LogP contribution is 2.25. The van der Waals surface area contributed by atoms with Crippen molar-refractivity contribution in [2.45, 2.75) is 13.8 Å². The first kappa shape index (κ1) is 15.9. The summed E-state index contributed by atoms with van der Waals surface area (Å²) in [4.78, 5) is 0. The van der Waals surface area contributed by atoms with Gasteiger partial charge in [-0.25, -0.2) is 0 Å². The predicted molar refractivity (Wildman–Crippen MR) is 106 cm³/mol. The SMILES string of the molecule is Cc1cccc(C)c1P(=S)=C(c1ccccc1)c1ccccc1. The van der Waals surface area contributed by atoms with Gasteiger partial charge >= 0.3 is 0 Å². The van der Waals surface area contributed by atoms with Crippen molar-refractivity contribution in [2.24, 2.45) is 0 Å². The maximum absolute atomic E-state index is 6.09. The van der Waals surface area contributed by atoms with E-state index in [-0.39, 0.29) is 0 Å². The van der Waals surface area contributed by atoms with Gasteiger partial charge in [0.2, 0.25) is 0 Å². The van der Waals surface area contributed by atoms with Crippen LogP contribution in [0.2, 0.25) is 0 Å². The molecule has 0 spiro atoms. The number of hydrogen-bond donors (Lipinski definition) is 0. The van der Waals surface area contributed by atoms with Gasteiger partial charge in [0.15, 0.2) is 0 Å². The highest BCUT2D eigenvalue weighted by Gasteiger charge is 2.11. The van der Waals surface area contributed by atoms with Crippen LogP contribution in [0.1, 0.15) is 22.3 Å². The molecule has 1 unspecified atom stereocenters. The molecule has 0 aliphatic rings. The van der Waals surface area contributed by atoms with Crippen LogP contribution in [0.15, 0.2) is 78.9 Å². The third-order valence-corrected chi connectivity index (χ3v) is 7.07. The largest absolute Gasteiger partial charge is 0.0622 e. The van der Waals surface area contributed by atoms with E-state index < -0.39 is 6.32 Å². The van der Waals surface area contributed by atoms with E-state index in [2.05, 4.69) is 92.7 Å². The summed E-state index contributed by atoms with van der Waals surface area (Å²) in [6.45, 7) is 4.33. The van der Waals surface area contributed by atoms with Gasteiger partial charge in [-0.3, -0.25) is 0 Å². The molecule has 2 heteroatoms. The average Bonchev–Trinajstić information content (AvgIpc) is 2.57. The molecule has 3 aromatic carbocycles. The minimum absolute atomic E-state index is 0.833. The standard InChI is InChI=1S/C21H19PS/c1-16-10-9-11-17(2)20(16)22(23)21(18-12-5-3-6-13-18)19-14-7-4-8-15-19/h3-15H,1-2H3. The monoisotopic (exact) mass is 334 g/mol. The Balaban J connectivity index is 2.33. The molecule has 0 bridgehead atoms. The Kier molecular flexibility index (Phi) is 4.91. The number of benzene rings is 3. The van der Waals surface area contributed by atoms with E-state index in [1.54, 1.807) is 0 Å². The maximum Gasteiger partial charge on any atom is 0.0231 e. The second kappa shape index (κ2) is 7.08. The molecule has 1 atom stereocenters. The van der Waals surface area contributed by atoms with E-state index in [1.165, 1.54) is 32.9 Å². The van der Waals surface area contributed by atoms with Crippen LogP contribution in [-0.4, -0.2) is 5.29 Å². The number of hydrogen-bond acceptors (Lipinski definition) is 1. The molecule has 0 heterocycles. The summed E-state index contributed by atoms with van der Waals surface area (Å²) >= 11 is 6.09. The quantitative estimate of drug-likeness (QED) is 0.598. The normalized spacial score (nSPS) is 11.1. The van der Waals surface area contributed by atoms with Crippen LogP contribution in [0.3, 0.4) is 0 Å². The van der Waals surface area contributed by atoms with Gasteiger partial charge in [0.1, 0.15) is 0 Å². The van der Waals surface area contributed by atoms with E-state index >= 15 is 0 Å². The summed E-state index contributed by atoms with van der Waals surface area (Å²) in [7, 11) is 0. The lowest BCUT2D eigenvalue weighted by molar-refractivity contribution is 1.44. The third-order valence-electron chi connectivity index (χ3n) is 3.94. The molecule has 114 valence electrons. The first-order chi connectivity index (χ1) is 11.2. The highest BCUT2D eigenvalue weighted by molar-refractivity contribution is 8.08. The Morgan fingerprint density at radius 1 is 0.652 bits per heavy atom. The predicted octanol–water partition coefficient (Wildman–Crippen LogP) is 5.14. The molecule has 0 fully saturated rings. The van der Waals surface area contributed by atoms with Gasteiger partial charge in [-0.2, -0.15) is 0 Å². The molecule has 0 aromatic heterocycles. The molecular formula is C21H19PS. The molecule has 23 heavy (non-hydrogen) atoms. The minimum Gasteiger partial charge on any atom is -0.0622 e. The Morgan fingerprint density at radius 2 is 1.09 bits per heavy atom. The molecule has 0 radical (unpaired) electrons. The Hall–Kier alpha value is -1.95. The lowest BCUT2D eigenvalue weighted by Gasteiger charge is -2.13. The molecule has 3 rings (SSSR count). The second-order valence-corrected chi connectivity index (χ2v) is 8.19. The molecule has 3 aromatic rings.